The maximum Gasteiger partial charge on any atom is 0.334 e. The number of hydrogen-bond acceptors (Lipinski definition) is 13. The summed E-state index contributed by atoms with van der Waals surface area (Å²) in [6, 6.07) is 14.8. The van der Waals surface area contributed by atoms with E-state index < -0.39 is 28.8 Å². The van der Waals surface area contributed by atoms with E-state index in [1.165, 1.54) is 14.2 Å². The maximum atomic E-state index is 12.4. The van der Waals surface area contributed by atoms with Gasteiger partial charge in [0.1, 0.15) is 18.6 Å². The minimum Gasteiger partial charge on any atom is -0.454 e. The first kappa shape index (κ1) is 45.6. The zero-order valence-corrected chi connectivity index (χ0v) is 37.9. The predicted octanol–water partition coefficient (Wildman–Crippen LogP) is 7.12. The standard InChI is InChI=1S/C34H54N6O7P4S3/c1-38(35-23-27-7-15-31(42-4)16-8-27)48(52)45-32-17-9-28(10-18-32)24-36-39(2)49(53)46-33-19-11-29(12-20-33)25-37-40(3)50(54)47-34-21-13-30(14-22-34)26-51(41,43-5)44-6/h7,9,11-15,17,19-22,25,27-28,31-32,35-36,48-50H,8,10,16,18,23-24,26H2,1-6H3/b37-25+. The minimum absolute atomic E-state index is 0.0333. The van der Waals surface area contributed by atoms with E-state index in [1.54, 1.807) is 37.3 Å². The Labute approximate surface area is 337 Å². The molecule has 7 atom stereocenters. The number of rotatable bonds is 22. The molecule has 0 aromatic heterocycles. The molecule has 0 heterocycles. The van der Waals surface area contributed by atoms with Crippen LogP contribution in [0.3, 0.4) is 0 Å². The van der Waals surface area contributed by atoms with Gasteiger partial charge in [0.2, 0.25) is 7.07 Å². The lowest BCUT2D eigenvalue weighted by Gasteiger charge is -2.29. The van der Waals surface area contributed by atoms with Crippen molar-refractivity contribution in [1.82, 2.24) is 25.2 Å². The number of benzene rings is 2. The second-order valence-corrected chi connectivity index (χ2v) is 22.5. The fourth-order valence-corrected chi connectivity index (χ4v) is 10.1. The van der Waals surface area contributed by atoms with E-state index in [9.17, 15) is 4.57 Å². The molecule has 7 unspecified atom stereocenters. The Balaban J connectivity index is 1.13. The highest BCUT2D eigenvalue weighted by Crippen LogP contribution is 2.49. The van der Waals surface area contributed by atoms with Gasteiger partial charge >= 0.3 is 7.60 Å². The Morgan fingerprint density at radius 1 is 0.741 bits per heavy atom. The van der Waals surface area contributed by atoms with Crippen LogP contribution in [0.25, 0.3) is 0 Å². The van der Waals surface area contributed by atoms with E-state index in [4.69, 9.17) is 62.8 Å². The lowest BCUT2D eigenvalue weighted by molar-refractivity contribution is 0.121. The van der Waals surface area contributed by atoms with Crippen molar-refractivity contribution in [2.45, 2.75) is 44.1 Å². The Kier molecular flexibility index (Phi) is 19.7. The minimum atomic E-state index is -3.15. The molecule has 0 bridgehead atoms. The third kappa shape index (κ3) is 15.3. The molecule has 2 aliphatic rings. The molecule has 54 heavy (non-hydrogen) atoms. The highest BCUT2D eigenvalue weighted by molar-refractivity contribution is 8.02. The molecular weight excluding hydrogens is 825 g/mol. The SMILES string of the molecule is COC1C=CC(CNN(C)[PH](=S)OC2C=CC(CNN(C)[PH](=S)Oc3ccc(/C=N/N(C)[PH](=S)Oc4ccc(CP(=O)(OC)OC)cc4)cc3)CC2)CC1. The third-order valence-corrected chi connectivity index (χ3v) is 17.4. The molecule has 20 heteroatoms. The Hall–Kier alpha value is -1.15. The van der Waals surface area contributed by atoms with Crippen LogP contribution in [0.5, 0.6) is 11.5 Å². The van der Waals surface area contributed by atoms with Crippen molar-refractivity contribution in [3.05, 3.63) is 84.0 Å². The van der Waals surface area contributed by atoms with Crippen molar-refractivity contribution in [1.29, 1.82) is 0 Å². The molecule has 13 nitrogen and oxygen atoms in total. The Morgan fingerprint density at radius 3 is 1.78 bits per heavy atom. The topological polar surface area (TPSA) is 119 Å². The van der Waals surface area contributed by atoms with Gasteiger partial charge in [0.15, 0.2) is 7.07 Å². The Morgan fingerprint density at radius 2 is 1.26 bits per heavy atom. The van der Waals surface area contributed by atoms with Crippen molar-refractivity contribution in [3.8, 4) is 11.5 Å². The normalized spacial score (nSPS) is 22.1. The molecule has 4 rings (SSSR count). The second kappa shape index (κ2) is 23.3. The van der Waals surface area contributed by atoms with E-state index in [2.05, 4.69) is 40.3 Å². The quantitative estimate of drug-likeness (QED) is 0.0541. The number of ether oxygens (including phenoxy) is 1. The summed E-state index contributed by atoms with van der Waals surface area (Å²) in [5.41, 5.74) is 8.57. The van der Waals surface area contributed by atoms with Crippen LogP contribution in [-0.2, 0) is 64.5 Å². The summed E-state index contributed by atoms with van der Waals surface area (Å²) in [5, 5.41) is 4.47. The number of methoxy groups -OCH3 is 1. The first-order chi connectivity index (χ1) is 25.9. The van der Waals surface area contributed by atoms with Crippen molar-refractivity contribution in [2.75, 3.05) is 55.6 Å². The summed E-state index contributed by atoms with van der Waals surface area (Å²) < 4.78 is 51.6. The maximum absolute atomic E-state index is 12.4. The number of nitrogens with zero attached hydrogens (tertiary/aromatic N) is 4. The highest BCUT2D eigenvalue weighted by atomic mass is 32.4. The summed E-state index contributed by atoms with van der Waals surface area (Å²) in [7, 11) is 1.87. The van der Waals surface area contributed by atoms with Gasteiger partial charge in [-0.2, -0.15) is 14.7 Å². The molecule has 0 aliphatic heterocycles. The smallest absolute Gasteiger partial charge is 0.334 e. The molecule has 0 radical (unpaired) electrons. The molecule has 2 aromatic carbocycles. The van der Waals surface area contributed by atoms with Gasteiger partial charge in [-0.3, -0.25) is 4.57 Å². The van der Waals surface area contributed by atoms with Gasteiger partial charge in [0.05, 0.1) is 24.6 Å². The van der Waals surface area contributed by atoms with Crippen molar-refractivity contribution < 1.29 is 31.9 Å². The predicted molar refractivity (Wildman–Crippen MR) is 233 cm³/mol. The van der Waals surface area contributed by atoms with Gasteiger partial charge in [-0.15, -0.1) is 0 Å². The van der Waals surface area contributed by atoms with E-state index in [1.807, 2.05) is 60.1 Å². The fourth-order valence-electron chi connectivity index (χ4n) is 5.43. The zero-order chi connectivity index (χ0) is 39.1. The first-order valence-corrected chi connectivity index (χ1v) is 26.7. The summed E-state index contributed by atoms with van der Waals surface area (Å²) in [6.45, 7) is 1.61. The van der Waals surface area contributed by atoms with Crippen LogP contribution in [0.2, 0.25) is 0 Å². The molecule has 0 saturated carbocycles. The molecule has 300 valence electrons. The summed E-state index contributed by atoms with van der Waals surface area (Å²) >= 11 is 17.0. The van der Waals surface area contributed by atoms with Gasteiger partial charge in [-0.25, -0.2) is 15.6 Å². The van der Waals surface area contributed by atoms with Gasteiger partial charge < -0.3 is 27.4 Å². The number of hydrazine groups is 2. The lowest BCUT2D eigenvalue weighted by atomic mass is 9.94. The molecular formula is C34H54N6O7P4S3. The monoisotopic (exact) mass is 878 g/mol. The number of hydrogen-bond donors (Lipinski definition) is 2. The summed E-state index contributed by atoms with van der Waals surface area (Å²) in [6.07, 6.45) is 15.0. The molecule has 2 aliphatic carbocycles. The van der Waals surface area contributed by atoms with Crippen molar-refractivity contribution in [2.24, 2.45) is 16.9 Å². The third-order valence-electron chi connectivity index (χ3n) is 8.91. The van der Waals surface area contributed by atoms with Gasteiger partial charge in [-0.05, 0) is 109 Å². The largest absolute Gasteiger partial charge is 0.454 e. The molecule has 0 saturated heterocycles. The van der Waals surface area contributed by atoms with E-state index in [0.717, 1.165) is 49.9 Å². The summed E-state index contributed by atoms with van der Waals surface area (Å²) in [5.74, 6) is 2.15. The number of hydrazone groups is 1. The van der Waals surface area contributed by atoms with E-state index >= 15 is 0 Å². The van der Waals surface area contributed by atoms with Crippen LogP contribution >= 0.6 is 28.8 Å². The van der Waals surface area contributed by atoms with Gasteiger partial charge in [0, 0.05) is 55.6 Å². The highest BCUT2D eigenvalue weighted by Gasteiger charge is 2.22. The first-order valence-electron chi connectivity index (χ1n) is 17.6. The van der Waals surface area contributed by atoms with Crippen LogP contribution in [0.4, 0.5) is 0 Å². The molecule has 2 N–H and O–H groups in total. The molecule has 0 fully saturated rings. The molecule has 0 amide bonds. The fraction of sp³-hybridized carbons (Fsp3) is 0.500. The Bertz CT molecular complexity index is 1680. The average molecular weight is 879 g/mol. The van der Waals surface area contributed by atoms with Gasteiger partial charge in [0.25, 0.3) is 0 Å². The lowest BCUT2D eigenvalue weighted by Crippen LogP contribution is -2.35. The van der Waals surface area contributed by atoms with Crippen LogP contribution in [0, 0.1) is 11.8 Å². The van der Waals surface area contributed by atoms with Crippen LogP contribution in [-0.4, -0.2) is 88.3 Å². The molecule has 2 aromatic rings. The van der Waals surface area contributed by atoms with Crippen molar-refractivity contribution in [3.63, 3.8) is 0 Å². The zero-order valence-electron chi connectivity index (χ0n) is 31.6. The molecule has 0 spiro atoms. The van der Waals surface area contributed by atoms with Crippen LogP contribution in [0.15, 0.2) is 77.9 Å². The summed E-state index contributed by atoms with van der Waals surface area (Å²) in [4.78, 5) is 0. The van der Waals surface area contributed by atoms with Crippen molar-refractivity contribution >= 4 is 70.5 Å². The van der Waals surface area contributed by atoms with Gasteiger partial charge in [-0.1, -0.05) is 48.2 Å². The van der Waals surface area contributed by atoms with E-state index in [-0.39, 0.29) is 18.4 Å². The van der Waals surface area contributed by atoms with Crippen LogP contribution < -0.4 is 19.9 Å². The van der Waals surface area contributed by atoms with Crippen LogP contribution in [0.1, 0.15) is 36.8 Å². The van der Waals surface area contributed by atoms with E-state index in [0.29, 0.717) is 23.3 Å². The second-order valence-electron chi connectivity index (χ2n) is 12.8. The number of nitrogens with one attached hydrogen (secondary N) is 2. The average Bonchev–Trinajstić information content (AvgIpc) is 3.19.